The van der Waals surface area contributed by atoms with Crippen LogP contribution in [0.15, 0.2) is 11.6 Å². The van der Waals surface area contributed by atoms with Gasteiger partial charge in [0.2, 0.25) is 0 Å². The van der Waals surface area contributed by atoms with Gasteiger partial charge in [-0.1, -0.05) is 6.08 Å². The number of carboxylic acid groups (broad SMARTS) is 1. The molecule has 17 heavy (non-hydrogen) atoms. The van der Waals surface area contributed by atoms with Crippen LogP contribution < -0.4 is 0 Å². The molecular weight excluding hydrogens is 222 g/mol. The van der Waals surface area contributed by atoms with Gasteiger partial charge < -0.3 is 14.7 Å². The Kier molecular flexibility index (Phi) is 5.51. The molecule has 0 aromatic heterocycles. The van der Waals surface area contributed by atoms with Crippen LogP contribution in [0.5, 0.6) is 0 Å². The maximum Gasteiger partial charge on any atom is 0.317 e. The average molecular weight is 244 g/mol. The fraction of sp³-hybridized carbons (Fsp3) is 0.667. The number of likely N-dealkylation sites (N-methyl/N-ethyl adjacent to an activating group) is 1. The minimum absolute atomic E-state index is 0.208. The molecule has 2 N–H and O–H groups in total. The molecule has 0 aromatic carbocycles. The molecule has 0 saturated carbocycles. The molecule has 0 aliphatic carbocycles. The van der Waals surface area contributed by atoms with Gasteiger partial charge in [-0.25, -0.2) is 0 Å². The zero-order valence-electron chi connectivity index (χ0n) is 11.1. The van der Waals surface area contributed by atoms with Crippen LogP contribution in [0, 0.1) is 5.92 Å². The lowest BCUT2D eigenvalue weighted by Gasteiger charge is -2.28. The number of hydrogen-bond donors (Lipinski definition) is 2. The van der Waals surface area contributed by atoms with Crippen LogP contribution >= 0.6 is 0 Å². The maximum absolute atomic E-state index is 11.8. The van der Waals surface area contributed by atoms with E-state index in [1.54, 1.807) is 19.9 Å². The van der Waals surface area contributed by atoms with Gasteiger partial charge in [-0.15, -0.1) is 0 Å². The second kappa shape index (κ2) is 5.93. The van der Waals surface area contributed by atoms with Crippen molar-refractivity contribution in [1.29, 1.82) is 0 Å². The van der Waals surface area contributed by atoms with Crippen molar-refractivity contribution in [2.24, 2.45) is 5.92 Å². The number of nitrogens with zero attached hydrogens (tertiary/aromatic N) is 1. The van der Waals surface area contributed by atoms with Crippen LogP contribution in [0.2, 0.25) is 0 Å². The zero-order valence-corrected chi connectivity index (χ0v) is 11.1. The van der Waals surface area contributed by atoms with Crippen molar-refractivity contribution in [3.05, 3.63) is 11.6 Å². The van der Waals surface area contributed by atoms with E-state index in [0.717, 1.165) is 0 Å². The second-order valence-electron chi connectivity index (χ2n) is 5.19. The normalized spacial score (nSPS) is 16.5. The number of aliphatic hydroxyl groups excluding tert-OH is 1. The fourth-order valence-corrected chi connectivity index (χ4v) is 1.51. The topological polar surface area (TPSA) is 74.6 Å². The van der Waals surface area contributed by atoms with Crippen LogP contribution in [-0.4, -0.2) is 60.2 Å². The lowest BCUT2D eigenvalue weighted by molar-refractivity contribution is -0.873. The largest absolute Gasteiger partial charge is 0.481 e. The molecule has 0 aromatic rings. The molecule has 0 amide bonds. The highest BCUT2D eigenvalue weighted by Crippen LogP contribution is 2.14. The Hall–Kier alpha value is -1.20. The number of allylic oxidation sites excluding steroid dienone is 2. The van der Waals surface area contributed by atoms with Crippen molar-refractivity contribution in [2.75, 3.05) is 27.7 Å². The summed E-state index contributed by atoms with van der Waals surface area (Å²) in [6.45, 7) is 3.43. The Morgan fingerprint density at radius 1 is 1.29 bits per heavy atom. The highest BCUT2D eigenvalue weighted by atomic mass is 16.4. The number of hydrogen-bond acceptors (Lipinski definition) is 3. The number of carboxylic acids is 1. The van der Waals surface area contributed by atoms with Gasteiger partial charge in [-0.3, -0.25) is 9.59 Å². The van der Waals surface area contributed by atoms with E-state index in [2.05, 4.69) is 0 Å². The third kappa shape index (κ3) is 5.10. The molecular formula is C12H22NO4+. The first kappa shape index (κ1) is 15.8. The molecule has 0 heterocycles. The molecule has 0 aliphatic heterocycles. The van der Waals surface area contributed by atoms with Crippen molar-refractivity contribution in [2.45, 2.75) is 20.0 Å². The van der Waals surface area contributed by atoms with E-state index in [1.807, 2.05) is 21.1 Å². The van der Waals surface area contributed by atoms with Crippen molar-refractivity contribution < 1.29 is 24.3 Å². The first-order valence-corrected chi connectivity index (χ1v) is 5.48. The Balaban J connectivity index is 5.00. The fourth-order valence-electron chi connectivity index (χ4n) is 1.51. The molecule has 5 heteroatoms. The quantitative estimate of drug-likeness (QED) is 0.400. The summed E-state index contributed by atoms with van der Waals surface area (Å²) in [5.74, 6) is -3.19. The first-order chi connectivity index (χ1) is 7.60. The Labute approximate surface area is 102 Å². The molecule has 0 rings (SSSR count). The van der Waals surface area contributed by atoms with E-state index in [1.165, 1.54) is 0 Å². The van der Waals surface area contributed by atoms with Crippen molar-refractivity contribution in [3.8, 4) is 0 Å². The summed E-state index contributed by atoms with van der Waals surface area (Å²) in [7, 11) is 5.49. The lowest BCUT2D eigenvalue weighted by atomic mass is 9.92. The van der Waals surface area contributed by atoms with Gasteiger partial charge in [-0.05, 0) is 19.4 Å². The SMILES string of the molecule is C/C=C(\C)C(=O)[C@H](C(=O)O)[C@@H](O)C[N+](C)(C)C. The van der Waals surface area contributed by atoms with E-state index in [-0.39, 0.29) is 6.54 Å². The van der Waals surface area contributed by atoms with Crippen molar-refractivity contribution in [1.82, 2.24) is 0 Å². The predicted molar refractivity (Wildman–Crippen MR) is 64.5 cm³/mol. The van der Waals surface area contributed by atoms with Gasteiger partial charge >= 0.3 is 5.97 Å². The summed E-state index contributed by atoms with van der Waals surface area (Å²) in [6.07, 6.45) is 0.367. The molecule has 5 nitrogen and oxygen atoms in total. The maximum atomic E-state index is 11.8. The van der Waals surface area contributed by atoms with Crippen molar-refractivity contribution >= 4 is 11.8 Å². The van der Waals surface area contributed by atoms with Crippen LogP contribution in [0.25, 0.3) is 0 Å². The van der Waals surface area contributed by atoms with Crippen molar-refractivity contribution in [3.63, 3.8) is 0 Å². The van der Waals surface area contributed by atoms with Crippen LogP contribution in [-0.2, 0) is 9.59 Å². The van der Waals surface area contributed by atoms with E-state index in [0.29, 0.717) is 10.1 Å². The van der Waals surface area contributed by atoms with E-state index in [9.17, 15) is 14.7 Å². The molecule has 2 atom stereocenters. The summed E-state index contributed by atoms with van der Waals surface area (Å²) in [4.78, 5) is 22.9. The van der Waals surface area contributed by atoms with Gasteiger partial charge in [0.25, 0.3) is 0 Å². The number of Topliss-reactive ketones (excluding diaryl/α,β-unsaturated/α-hetero) is 1. The summed E-state index contributed by atoms with van der Waals surface area (Å²) >= 11 is 0. The highest BCUT2D eigenvalue weighted by Gasteiger charge is 2.36. The summed E-state index contributed by atoms with van der Waals surface area (Å²) in [6, 6.07) is 0. The van der Waals surface area contributed by atoms with E-state index < -0.39 is 23.8 Å². The number of aliphatic carboxylic acids is 1. The van der Waals surface area contributed by atoms with E-state index in [4.69, 9.17) is 5.11 Å². The van der Waals surface area contributed by atoms with Crippen LogP contribution in [0.1, 0.15) is 13.8 Å². The minimum Gasteiger partial charge on any atom is -0.481 e. The Morgan fingerprint density at radius 3 is 2.06 bits per heavy atom. The molecule has 0 bridgehead atoms. The van der Waals surface area contributed by atoms with Gasteiger partial charge in [0, 0.05) is 0 Å². The van der Waals surface area contributed by atoms with Crippen LogP contribution in [0.3, 0.4) is 0 Å². The standard InChI is InChI=1S/C12H21NO4/c1-6-8(2)11(15)10(12(16)17)9(14)7-13(3,4)5/h6,9-10,14H,7H2,1-5H3/p+1/b8-6+/t9-,10+/m0/s1. The number of rotatable bonds is 6. The number of carbonyl (C=O) groups excluding carboxylic acids is 1. The first-order valence-electron chi connectivity index (χ1n) is 5.48. The number of carbonyl (C=O) groups is 2. The van der Waals surface area contributed by atoms with Gasteiger partial charge in [0.05, 0.1) is 21.1 Å². The van der Waals surface area contributed by atoms with Crippen LogP contribution in [0.4, 0.5) is 0 Å². The molecule has 98 valence electrons. The summed E-state index contributed by atoms with van der Waals surface area (Å²) in [5.41, 5.74) is 0.359. The third-order valence-electron chi connectivity index (χ3n) is 2.49. The third-order valence-corrected chi connectivity index (χ3v) is 2.49. The van der Waals surface area contributed by atoms with E-state index >= 15 is 0 Å². The number of aliphatic hydroxyl groups is 1. The van der Waals surface area contributed by atoms with Gasteiger partial charge in [-0.2, -0.15) is 0 Å². The molecule has 0 unspecified atom stereocenters. The Bertz CT molecular complexity index is 328. The predicted octanol–water partition coefficient (Wildman–Crippen LogP) is 0.290. The molecule has 0 aliphatic rings. The molecule has 0 fully saturated rings. The zero-order chi connectivity index (χ0) is 13.8. The molecule has 0 saturated heterocycles. The summed E-state index contributed by atoms with van der Waals surface area (Å²) < 4.78 is 0.396. The monoisotopic (exact) mass is 244 g/mol. The lowest BCUT2D eigenvalue weighted by Crippen LogP contribution is -2.48. The second-order valence-corrected chi connectivity index (χ2v) is 5.19. The number of quaternary nitrogens is 1. The van der Waals surface area contributed by atoms with Gasteiger partial charge in [0.1, 0.15) is 12.6 Å². The molecule has 0 radical (unpaired) electrons. The number of ketones is 1. The molecule has 0 spiro atoms. The average Bonchev–Trinajstić information content (AvgIpc) is 2.12. The Morgan fingerprint density at radius 2 is 1.76 bits per heavy atom. The van der Waals surface area contributed by atoms with Gasteiger partial charge in [0.15, 0.2) is 11.7 Å². The highest BCUT2D eigenvalue weighted by molar-refractivity contribution is 6.07. The smallest absolute Gasteiger partial charge is 0.317 e. The summed E-state index contributed by atoms with van der Waals surface area (Å²) in [5, 5.41) is 18.9. The minimum atomic E-state index is -1.39.